The molecular weight excluding hydrogens is 204 g/mol. The number of thioether (sulfide) groups is 1. The Morgan fingerprint density at radius 2 is 2.07 bits per heavy atom. The van der Waals surface area contributed by atoms with Crippen LogP contribution in [0.25, 0.3) is 0 Å². The number of carbonyl (C=O) groups is 2. The fraction of sp³-hybridized carbons (Fsp3) is 0.750. The van der Waals surface area contributed by atoms with Crippen molar-refractivity contribution in [3.05, 3.63) is 0 Å². The molecule has 0 saturated heterocycles. The molecule has 0 radical (unpaired) electrons. The standard InChI is InChI=1S/C8H16N2O3S/c1-6(14-2)5-10-8(13)9-4-3-7(11)12/h6H,3-5H2,1-2H3,(H,11,12)(H2,9,10,13). The molecule has 0 aromatic rings. The van der Waals surface area contributed by atoms with Crippen molar-refractivity contribution in [3.8, 4) is 0 Å². The fourth-order valence-corrected chi connectivity index (χ4v) is 0.915. The van der Waals surface area contributed by atoms with Gasteiger partial charge in [-0.15, -0.1) is 0 Å². The average molecular weight is 220 g/mol. The van der Waals surface area contributed by atoms with E-state index in [0.717, 1.165) is 0 Å². The highest BCUT2D eigenvalue weighted by molar-refractivity contribution is 7.99. The minimum atomic E-state index is -0.914. The summed E-state index contributed by atoms with van der Waals surface area (Å²) >= 11 is 1.66. The molecule has 1 unspecified atom stereocenters. The van der Waals surface area contributed by atoms with Crippen LogP contribution in [-0.4, -0.2) is 41.7 Å². The van der Waals surface area contributed by atoms with Gasteiger partial charge in [0.05, 0.1) is 6.42 Å². The molecule has 0 bridgehead atoms. The normalized spacial score (nSPS) is 11.9. The van der Waals surface area contributed by atoms with Crippen molar-refractivity contribution in [2.75, 3.05) is 19.3 Å². The summed E-state index contributed by atoms with van der Waals surface area (Å²) in [7, 11) is 0. The maximum atomic E-state index is 11.0. The van der Waals surface area contributed by atoms with Gasteiger partial charge in [-0.05, 0) is 6.26 Å². The lowest BCUT2D eigenvalue weighted by atomic mass is 10.4. The lowest BCUT2D eigenvalue weighted by molar-refractivity contribution is -0.136. The molecule has 0 fully saturated rings. The second kappa shape index (κ2) is 7.49. The molecule has 6 heteroatoms. The molecule has 0 rings (SSSR count). The van der Waals surface area contributed by atoms with Crippen LogP contribution in [0, 0.1) is 0 Å². The van der Waals surface area contributed by atoms with E-state index < -0.39 is 5.97 Å². The minimum absolute atomic E-state index is 0.0501. The number of rotatable bonds is 6. The number of carbonyl (C=O) groups excluding carboxylic acids is 1. The van der Waals surface area contributed by atoms with E-state index in [4.69, 9.17) is 5.11 Å². The molecule has 0 saturated carbocycles. The number of carboxylic acid groups (broad SMARTS) is 1. The quantitative estimate of drug-likeness (QED) is 0.609. The summed E-state index contributed by atoms with van der Waals surface area (Å²) in [6, 6.07) is -0.313. The number of aliphatic carboxylic acids is 1. The first-order chi connectivity index (χ1) is 6.56. The van der Waals surface area contributed by atoms with E-state index in [9.17, 15) is 9.59 Å². The van der Waals surface area contributed by atoms with Crippen LogP contribution >= 0.6 is 11.8 Å². The summed E-state index contributed by atoms with van der Waals surface area (Å²) in [5, 5.41) is 13.8. The molecule has 0 heterocycles. The van der Waals surface area contributed by atoms with Crippen LogP contribution in [0.1, 0.15) is 13.3 Å². The Labute approximate surface area is 87.6 Å². The smallest absolute Gasteiger partial charge is 0.314 e. The van der Waals surface area contributed by atoms with Gasteiger partial charge < -0.3 is 15.7 Å². The van der Waals surface area contributed by atoms with Crippen molar-refractivity contribution in [2.45, 2.75) is 18.6 Å². The van der Waals surface area contributed by atoms with Crippen molar-refractivity contribution < 1.29 is 14.7 Å². The molecule has 0 spiro atoms. The van der Waals surface area contributed by atoms with Gasteiger partial charge in [0.15, 0.2) is 0 Å². The van der Waals surface area contributed by atoms with Crippen molar-refractivity contribution in [1.29, 1.82) is 0 Å². The number of nitrogens with one attached hydrogen (secondary N) is 2. The molecule has 0 aromatic carbocycles. The Morgan fingerprint density at radius 1 is 1.43 bits per heavy atom. The van der Waals surface area contributed by atoms with Crippen LogP contribution in [0.15, 0.2) is 0 Å². The van der Waals surface area contributed by atoms with Gasteiger partial charge in [0, 0.05) is 18.3 Å². The van der Waals surface area contributed by atoms with Gasteiger partial charge in [-0.25, -0.2) is 4.79 Å². The Morgan fingerprint density at radius 3 is 2.57 bits per heavy atom. The number of hydrogen-bond donors (Lipinski definition) is 3. The number of carboxylic acids is 1. The molecule has 5 nitrogen and oxygen atoms in total. The molecule has 2 amide bonds. The number of amides is 2. The third-order valence-corrected chi connectivity index (χ3v) is 2.55. The van der Waals surface area contributed by atoms with Crippen LogP contribution < -0.4 is 10.6 Å². The summed E-state index contributed by atoms with van der Waals surface area (Å²) in [4.78, 5) is 21.1. The summed E-state index contributed by atoms with van der Waals surface area (Å²) in [5.74, 6) is -0.914. The number of urea groups is 1. The van der Waals surface area contributed by atoms with E-state index in [1.807, 2.05) is 13.2 Å². The zero-order valence-electron chi connectivity index (χ0n) is 8.37. The Bertz CT molecular complexity index is 199. The zero-order valence-corrected chi connectivity index (χ0v) is 9.19. The van der Waals surface area contributed by atoms with E-state index in [2.05, 4.69) is 10.6 Å². The van der Waals surface area contributed by atoms with Crippen molar-refractivity contribution in [2.24, 2.45) is 0 Å². The Balaban J connectivity index is 3.41. The van der Waals surface area contributed by atoms with Gasteiger partial charge in [0.2, 0.25) is 0 Å². The first kappa shape index (κ1) is 13.1. The second-order valence-corrected chi connectivity index (χ2v) is 4.10. The highest BCUT2D eigenvalue weighted by atomic mass is 32.2. The Kier molecular flexibility index (Phi) is 7.00. The minimum Gasteiger partial charge on any atom is -0.481 e. The molecule has 14 heavy (non-hydrogen) atoms. The average Bonchev–Trinajstić information content (AvgIpc) is 2.13. The third kappa shape index (κ3) is 7.72. The SMILES string of the molecule is CSC(C)CNC(=O)NCCC(=O)O. The lowest BCUT2D eigenvalue weighted by Crippen LogP contribution is -2.39. The second-order valence-electron chi connectivity index (χ2n) is 2.83. The van der Waals surface area contributed by atoms with E-state index in [-0.39, 0.29) is 19.0 Å². The maximum Gasteiger partial charge on any atom is 0.314 e. The van der Waals surface area contributed by atoms with Gasteiger partial charge in [0.1, 0.15) is 0 Å². The fourth-order valence-electron chi connectivity index (χ4n) is 0.665. The summed E-state index contributed by atoms with van der Waals surface area (Å²) in [6.07, 6.45) is 1.92. The van der Waals surface area contributed by atoms with E-state index in [1.165, 1.54) is 0 Å². The predicted molar refractivity (Wildman–Crippen MR) is 56.6 cm³/mol. The van der Waals surface area contributed by atoms with Crippen LogP contribution in [0.4, 0.5) is 4.79 Å². The highest BCUT2D eigenvalue weighted by Crippen LogP contribution is 2.01. The topological polar surface area (TPSA) is 78.4 Å². The van der Waals surface area contributed by atoms with E-state index in [0.29, 0.717) is 11.8 Å². The highest BCUT2D eigenvalue weighted by Gasteiger charge is 2.03. The van der Waals surface area contributed by atoms with Gasteiger partial charge in [-0.2, -0.15) is 11.8 Å². The molecule has 1 atom stereocenters. The molecule has 0 aromatic heterocycles. The van der Waals surface area contributed by atoms with Gasteiger partial charge >= 0.3 is 12.0 Å². The van der Waals surface area contributed by atoms with Gasteiger partial charge in [-0.3, -0.25) is 4.79 Å². The zero-order chi connectivity index (χ0) is 11.0. The van der Waals surface area contributed by atoms with Crippen molar-refractivity contribution in [1.82, 2.24) is 10.6 Å². The van der Waals surface area contributed by atoms with E-state index >= 15 is 0 Å². The predicted octanol–water partition coefficient (Wildman–Crippen LogP) is 0.512. The van der Waals surface area contributed by atoms with Gasteiger partial charge in [0.25, 0.3) is 0 Å². The van der Waals surface area contributed by atoms with Crippen LogP contribution in [-0.2, 0) is 4.79 Å². The van der Waals surface area contributed by atoms with E-state index in [1.54, 1.807) is 11.8 Å². The molecule has 0 aliphatic rings. The lowest BCUT2D eigenvalue weighted by Gasteiger charge is -2.10. The first-order valence-corrected chi connectivity index (χ1v) is 5.61. The first-order valence-electron chi connectivity index (χ1n) is 4.32. The molecule has 82 valence electrons. The summed E-state index contributed by atoms with van der Waals surface area (Å²) in [6.45, 7) is 2.75. The molecule has 3 N–H and O–H groups in total. The molecule has 0 aliphatic carbocycles. The summed E-state index contributed by atoms with van der Waals surface area (Å²) in [5.41, 5.74) is 0. The Hall–Kier alpha value is -0.910. The van der Waals surface area contributed by atoms with Crippen LogP contribution in [0.5, 0.6) is 0 Å². The van der Waals surface area contributed by atoms with Crippen molar-refractivity contribution in [3.63, 3.8) is 0 Å². The maximum absolute atomic E-state index is 11.0. The van der Waals surface area contributed by atoms with Gasteiger partial charge in [-0.1, -0.05) is 6.92 Å². The largest absolute Gasteiger partial charge is 0.481 e. The summed E-state index contributed by atoms with van der Waals surface area (Å²) < 4.78 is 0. The number of hydrogen-bond acceptors (Lipinski definition) is 3. The third-order valence-electron chi connectivity index (χ3n) is 1.58. The van der Waals surface area contributed by atoms with Crippen molar-refractivity contribution >= 4 is 23.8 Å². The molecular formula is C8H16N2O3S. The molecule has 0 aliphatic heterocycles. The monoisotopic (exact) mass is 220 g/mol. The van der Waals surface area contributed by atoms with Crippen LogP contribution in [0.2, 0.25) is 0 Å². The van der Waals surface area contributed by atoms with Crippen LogP contribution in [0.3, 0.4) is 0 Å².